The van der Waals surface area contributed by atoms with Crippen LogP contribution in [0.2, 0.25) is 0 Å². The Morgan fingerprint density at radius 1 is 1.33 bits per heavy atom. The summed E-state index contributed by atoms with van der Waals surface area (Å²) >= 11 is 0. The van der Waals surface area contributed by atoms with Gasteiger partial charge in [0.15, 0.2) is 11.6 Å². The van der Waals surface area contributed by atoms with Crippen molar-refractivity contribution in [2.75, 3.05) is 0 Å². The SMILES string of the molecule is NC1(c2cc([N+](=O)[O-])cc(F)c2O)CCCCC1. The van der Waals surface area contributed by atoms with Crippen LogP contribution in [-0.4, -0.2) is 10.0 Å². The molecule has 0 spiro atoms. The van der Waals surface area contributed by atoms with E-state index in [0.717, 1.165) is 19.3 Å². The van der Waals surface area contributed by atoms with Gasteiger partial charge in [-0.3, -0.25) is 10.1 Å². The van der Waals surface area contributed by atoms with Crippen molar-refractivity contribution in [2.24, 2.45) is 5.73 Å². The van der Waals surface area contributed by atoms with E-state index in [-0.39, 0.29) is 11.3 Å². The Hall–Kier alpha value is -1.69. The molecular weight excluding hydrogens is 239 g/mol. The molecule has 3 N–H and O–H groups in total. The Morgan fingerprint density at radius 3 is 2.50 bits per heavy atom. The minimum Gasteiger partial charge on any atom is -0.505 e. The van der Waals surface area contributed by atoms with E-state index < -0.39 is 22.0 Å². The number of nitrogens with zero attached hydrogens (tertiary/aromatic N) is 1. The monoisotopic (exact) mass is 254 g/mol. The van der Waals surface area contributed by atoms with Crippen molar-refractivity contribution >= 4 is 5.69 Å². The summed E-state index contributed by atoms with van der Waals surface area (Å²) in [6.45, 7) is 0. The zero-order chi connectivity index (χ0) is 13.3. The Morgan fingerprint density at radius 2 is 1.94 bits per heavy atom. The number of non-ortho nitro benzene ring substituents is 1. The maximum atomic E-state index is 13.5. The number of benzene rings is 1. The first-order valence-electron chi connectivity index (χ1n) is 5.90. The number of nitro benzene ring substituents is 1. The van der Waals surface area contributed by atoms with E-state index in [0.29, 0.717) is 18.9 Å². The van der Waals surface area contributed by atoms with Gasteiger partial charge in [-0.05, 0) is 12.8 Å². The third kappa shape index (κ3) is 2.15. The van der Waals surface area contributed by atoms with Gasteiger partial charge in [0.25, 0.3) is 5.69 Å². The van der Waals surface area contributed by atoms with Crippen molar-refractivity contribution in [1.29, 1.82) is 0 Å². The highest BCUT2D eigenvalue weighted by molar-refractivity contribution is 5.47. The number of phenolic OH excluding ortho intramolecular Hbond substituents is 1. The number of hydrogen-bond donors (Lipinski definition) is 2. The van der Waals surface area contributed by atoms with Crippen molar-refractivity contribution in [3.05, 3.63) is 33.6 Å². The highest BCUT2D eigenvalue weighted by Crippen LogP contribution is 2.41. The van der Waals surface area contributed by atoms with Crippen LogP contribution in [0.1, 0.15) is 37.7 Å². The Labute approximate surface area is 104 Å². The second-order valence-electron chi connectivity index (χ2n) is 4.80. The van der Waals surface area contributed by atoms with E-state index in [9.17, 15) is 19.6 Å². The van der Waals surface area contributed by atoms with Gasteiger partial charge in [0.05, 0.1) is 11.0 Å². The molecule has 0 heterocycles. The second kappa shape index (κ2) is 4.53. The number of phenols is 1. The van der Waals surface area contributed by atoms with Gasteiger partial charge in [0.2, 0.25) is 0 Å². The molecule has 98 valence electrons. The van der Waals surface area contributed by atoms with E-state index in [4.69, 9.17) is 5.73 Å². The molecule has 0 radical (unpaired) electrons. The molecule has 1 aromatic carbocycles. The van der Waals surface area contributed by atoms with Crippen LogP contribution in [0.25, 0.3) is 0 Å². The van der Waals surface area contributed by atoms with E-state index >= 15 is 0 Å². The number of nitrogens with two attached hydrogens (primary N) is 1. The summed E-state index contributed by atoms with van der Waals surface area (Å²) in [5.41, 5.74) is 5.07. The van der Waals surface area contributed by atoms with Gasteiger partial charge >= 0.3 is 0 Å². The molecule has 2 rings (SSSR count). The third-order valence-electron chi connectivity index (χ3n) is 3.54. The van der Waals surface area contributed by atoms with Crippen LogP contribution in [0.4, 0.5) is 10.1 Å². The fourth-order valence-corrected chi connectivity index (χ4v) is 2.52. The molecule has 5 nitrogen and oxygen atoms in total. The lowest BCUT2D eigenvalue weighted by atomic mass is 9.77. The molecule has 6 heteroatoms. The smallest absolute Gasteiger partial charge is 0.272 e. The molecule has 0 aromatic heterocycles. The number of nitro groups is 1. The largest absolute Gasteiger partial charge is 0.505 e. The molecule has 0 aliphatic heterocycles. The molecule has 1 aliphatic rings. The van der Waals surface area contributed by atoms with Gasteiger partial charge in [0, 0.05) is 17.2 Å². The average Bonchev–Trinajstić information content (AvgIpc) is 2.33. The molecule has 18 heavy (non-hydrogen) atoms. The molecule has 0 bridgehead atoms. The topological polar surface area (TPSA) is 89.4 Å². The van der Waals surface area contributed by atoms with Crippen LogP contribution >= 0.6 is 0 Å². The lowest BCUT2D eigenvalue weighted by Gasteiger charge is -2.34. The molecular formula is C12H15FN2O3. The van der Waals surface area contributed by atoms with Crippen molar-refractivity contribution < 1.29 is 14.4 Å². The summed E-state index contributed by atoms with van der Waals surface area (Å²) in [5, 5.41) is 20.5. The summed E-state index contributed by atoms with van der Waals surface area (Å²) in [6, 6.07) is 1.90. The Kier molecular flexibility index (Phi) is 3.21. The molecule has 1 aliphatic carbocycles. The van der Waals surface area contributed by atoms with Gasteiger partial charge < -0.3 is 10.8 Å². The summed E-state index contributed by atoms with van der Waals surface area (Å²) in [7, 11) is 0. The normalized spacial score (nSPS) is 18.6. The summed E-state index contributed by atoms with van der Waals surface area (Å²) in [5.74, 6) is -1.56. The number of aromatic hydroxyl groups is 1. The van der Waals surface area contributed by atoms with Crippen molar-refractivity contribution in [3.8, 4) is 5.75 Å². The van der Waals surface area contributed by atoms with E-state index in [1.54, 1.807) is 0 Å². The predicted octanol–water partition coefficient (Wildman–Crippen LogP) is 2.56. The maximum Gasteiger partial charge on any atom is 0.272 e. The van der Waals surface area contributed by atoms with Gasteiger partial charge in [-0.1, -0.05) is 19.3 Å². The quantitative estimate of drug-likeness (QED) is 0.627. The number of hydrogen-bond acceptors (Lipinski definition) is 4. The Bertz CT molecular complexity index is 484. The molecule has 1 saturated carbocycles. The first-order valence-corrected chi connectivity index (χ1v) is 5.90. The highest BCUT2D eigenvalue weighted by atomic mass is 19.1. The fraction of sp³-hybridized carbons (Fsp3) is 0.500. The van der Waals surface area contributed by atoms with Crippen LogP contribution in [0, 0.1) is 15.9 Å². The number of halogens is 1. The van der Waals surface area contributed by atoms with Crippen LogP contribution in [0.15, 0.2) is 12.1 Å². The van der Waals surface area contributed by atoms with Crippen LogP contribution in [0.5, 0.6) is 5.75 Å². The van der Waals surface area contributed by atoms with Gasteiger partial charge in [-0.2, -0.15) is 0 Å². The molecule has 0 atom stereocenters. The van der Waals surface area contributed by atoms with Crippen molar-refractivity contribution in [3.63, 3.8) is 0 Å². The molecule has 0 unspecified atom stereocenters. The zero-order valence-corrected chi connectivity index (χ0v) is 9.86. The minimum atomic E-state index is -0.991. The van der Waals surface area contributed by atoms with E-state index in [1.807, 2.05) is 0 Å². The molecule has 1 fully saturated rings. The zero-order valence-electron chi connectivity index (χ0n) is 9.86. The van der Waals surface area contributed by atoms with Crippen LogP contribution < -0.4 is 5.73 Å². The third-order valence-corrected chi connectivity index (χ3v) is 3.54. The fourth-order valence-electron chi connectivity index (χ4n) is 2.52. The number of rotatable bonds is 2. The Balaban J connectivity index is 2.51. The summed E-state index contributed by atoms with van der Waals surface area (Å²) in [4.78, 5) is 10.0. The van der Waals surface area contributed by atoms with Gasteiger partial charge in [-0.25, -0.2) is 4.39 Å². The maximum absolute atomic E-state index is 13.5. The minimum absolute atomic E-state index is 0.147. The molecule has 1 aromatic rings. The lowest BCUT2D eigenvalue weighted by Crippen LogP contribution is -2.38. The van der Waals surface area contributed by atoms with Crippen molar-refractivity contribution in [1.82, 2.24) is 0 Å². The first-order chi connectivity index (χ1) is 8.44. The van der Waals surface area contributed by atoms with E-state index in [1.165, 1.54) is 6.07 Å². The molecule has 0 amide bonds. The predicted molar refractivity (Wildman–Crippen MR) is 63.7 cm³/mol. The molecule has 0 saturated heterocycles. The van der Waals surface area contributed by atoms with Crippen molar-refractivity contribution in [2.45, 2.75) is 37.6 Å². The van der Waals surface area contributed by atoms with Gasteiger partial charge in [-0.15, -0.1) is 0 Å². The van der Waals surface area contributed by atoms with Crippen LogP contribution in [-0.2, 0) is 5.54 Å². The van der Waals surface area contributed by atoms with Crippen LogP contribution in [0.3, 0.4) is 0 Å². The van der Waals surface area contributed by atoms with Gasteiger partial charge in [0.1, 0.15) is 0 Å². The average molecular weight is 254 g/mol. The first kappa shape index (κ1) is 12.8. The standard InChI is InChI=1S/C12H15FN2O3/c13-10-7-8(15(17)18)6-9(11(10)16)12(14)4-2-1-3-5-12/h6-7,16H,1-5,14H2. The highest BCUT2D eigenvalue weighted by Gasteiger charge is 2.34. The van der Waals surface area contributed by atoms with E-state index in [2.05, 4.69) is 0 Å². The summed E-state index contributed by atoms with van der Waals surface area (Å²) < 4.78 is 13.5. The second-order valence-corrected chi connectivity index (χ2v) is 4.80. The lowest BCUT2D eigenvalue weighted by molar-refractivity contribution is -0.385. The summed E-state index contributed by atoms with van der Waals surface area (Å²) in [6.07, 6.45) is 3.99.